The summed E-state index contributed by atoms with van der Waals surface area (Å²) in [7, 11) is -3.60. The molecule has 0 heterocycles. The molecule has 2 aromatic rings. The van der Waals surface area contributed by atoms with Crippen molar-refractivity contribution in [3.63, 3.8) is 0 Å². The van der Waals surface area contributed by atoms with Crippen molar-refractivity contribution >= 4 is 21.8 Å². The van der Waals surface area contributed by atoms with Gasteiger partial charge in [0.25, 0.3) is 5.91 Å². The summed E-state index contributed by atoms with van der Waals surface area (Å²) in [5.41, 5.74) is 5.32. The van der Waals surface area contributed by atoms with Gasteiger partial charge in [0, 0.05) is 18.7 Å². The molecule has 0 saturated carbocycles. The second kappa shape index (κ2) is 9.43. The number of carbonyl (C=O) groups is 2. The van der Waals surface area contributed by atoms with Crippen LogP contribution in [0.5, 0.6) is 0 Å². The molecular weight excluding hydrogens is 385 g/mol. The van der Waals surface area contributed by atoms with Crippen LogP contribution < -0.4 is 10.9 Å². The van der Waals surface area contributed by atoms with Crippen LogP contribution in [0.3, 0.4) is 0 Å². The van der Waals surface area contributed by atoms with Gasteiger partial charge < -0.3 is 0 Å². The molecule has 0 atom stereocenters. The topological polar surface area (TPSA) is 95.6 Å². The first kappa shape index (κ1) is 21.5. The van der Waals surface area contributed by atoms with Gasteiger partial charge >= 0.3 is 0 Å². The summed E-state index contributed by atoms with van der Waals surface area (Å²) in [5, 5.41) is 0. The van der Waals surface area contributed by atoms with Crippen molar-refractivity contribution in [1.82, 2.24) is 15.2 Å². The molecule has 0 unspecified atom stereocenters. The van der Waals surface area contributed by atoms with E-state index in [2.05, 4.69) is 10.9 Å². The van der Waals surface area contributed by atoms with E-state index < -0.39 is 27.7 Å². The summed E-state index contributed by atoms with van der Waals surface area (Å²) in [6.07, 6.45) is -0.0262. The van der Waals surface area contributed by atoms with E-state index in [1.165, 1.54) is 52.8 Å². The predicted molar refractivity (Wildman–Crippen MR) is 102 cm³/mol. The third kappa shape index (κ3) is 5.37. The van der Waals surface area contributed by atoms with Crippen LogP contribution in [0, 0.1) is 5.82 Å². The third-order valence-electron chi connectivity index (χ3n) is 4.05. The second-order valence-corrected chi connectivity index (χ2v) is 7.86. The number of hydrogen-bond acceptors (Lipinski definition) is 4. The van der Waals surface area contributed by atoms with Crippen LogP contribution in [0.1, 0.15) is 29.8 Å². The maximum Gasteiger partial charge on any atom is 0.269 e. The van der Waals surface area contributed by atoms with Gasteiger partial charge in [0.15, 0.2) is 0 Å². The van der Waals surface area contributed by atoms with Gasteiger partial charge in [-0.15, -0.1) is 0 Å². The number of halogens is 1. The Hall–Kier alpha value is -2.78. The lowest BCUT2D eigenvalue weighted by atomic mass is 10.1. The third-order valence-corrected chi connectivity index (χ3v) is 6.12. The van der Waals surface area contributed by atoms with Gasteiger partial charge in [-0.2, -0.15) is 4.31 Å². The van der Waals surface area contributed by atoms with Gasteiger partial charge in [0.2, 0.25) is 15.9 Å². The fourth-order valence-electron chi connectivity index (χ4n) is 2.52. The minimum atomic E-state index is -3.60. The number of carbonyl (C=O) groups excluding carboxylic acids is 2. The Morgan fingerprint density at radius 1 is 0.929 bits per heavy atom. The van der Waals surface area contributed by atoms with E-state index >= 15 is 0 Å². The number of rotatable bonds is 7. The number of amides is 2. The molecule has 9 heteroatoms. The zero-order valence-corrected chi connectivity index (χ0v) is 16.4. The van der Waals surface area contributed by atoms with Crippen molar-refractivity contribution < 1.29 is 22.4 Å². The van der Waals surface area contributed by atoms with E-state index in [4.69, 9.17) is 0 Å². The second-order valence-electron chi connectivity index (χ2n) is 5.92. The highest BCUT2D eigenvalue weighted by Crippen LogP contribution is 2.16. The molecule has 0 aliphatic rings. The zero-order valence-electron chi connectivity index (χ0n) is 15.6. The molecule has 2 aromatic carbocycles. The van der Waals surface area contributed by atoms with Crippen LogP contribution in [-0.2, 0) is 21.2 Å². The quantitative estimate of drug-likeness (QED) is 0.685. The molecule has 0 aliphatic heterocycles. The van der Waals surface area contributed by atoms with Gasteiger partial charge in [-0.1, -0.05) is 26.0 Å². The van der Waals surface area contributed by atoms with Crippen molar-refractivity contribution in [2.24, 2.45) is 0 Å². The summed E-state index contributed by atoms with van der Waals surface area (Å²) in [4.78, 5) is 24.1. The van der Waals surface area contributed by atoms with E-state index in [1.54, 1.807) is 13.8 Å². The average Bonchev–Trinajstić information content (AvgIpc) is 2.68. The molecule has 0 bridgehead atoms. The van der Waals surface area contributed by atoms with E-state index in [1.807, 2.05) is 0 Å². The van der Waals surface area contributed by atoms with E-state index in [0.717, 1.165) is 0 Å². The van der Waals surface area contributed by atoms with Gasteiger partial charge in [-0.05, 0) is 42.0 Å². The van der Waals surface area contributed by atoms with Crippen molar-refractivity contribution in [2.75, 3.05) is 13.1 Å². The van der Waals surface area contributed by atoms with Crippen LogP contribution in [0.25, 0.3) is 0 Å². The van der Waals surface area contributed by atoms with Gasteiger partial charge in [-0.3, -0.25) is 20.4 Å². The first-order valence-electron chi connectivity index (χ1n) is 8.71. The van der Waals surface area contributed by atoms with Crippen molar-refractivity contribution in [3.8, 4) is 0 Å². The van der Waals surface area contributed by atoms with Crippen LogP contribution in [0.4, 0.5) is 4.39 Å². The first-order chi connectivity index (χ1) is 13.3. The zero-order chi connectivity index (χ0) is 20.7. The van der Waals surface area contributed by atoms with Crippen LogP contribution in [0.15, 0.2) is 53.4 Å². The Morgan fingerprint density at radius 2 is 1.50 bits per heavy atom. The van der Waals surface area contributed by atoms with Crippen molar-refractivity contribution in [3.05, 3.63) is 65.5 Å². The van der Waals surface area contributed by atoms with Crippen LogP contribution in [-0.4, -0.2) is 37.6 Å². The highest BCUT2D eigenvalue weighted by Gasteiger charge is 2.21. The van der Waals surface area contributed by atoms with Gasteiger partial charge in [0.05, 0.1) is 11.3 Å². The summed E-state index contributed by atoms with van der Waals surface area (Å²) >= 11 is 0. The molecule has 2 amide bonds. The first-order valence-corrected chi connectivity index (χ1v) is 10.2. The molecule has 2 N–H and O–H groups in total. The molecule has 2 rings (SSSR count). The Labute approximate surface area is 163 Å². The number of hydrogen-bond donors (Lipinski definition) is 2. The van der Waals surface area contributed by atoms with E-state index in [0.29, 0.717) is 18.7 Å². The molecule has 0 aliphatic carbocycles. The minimum Gasteiger partial charge on any atom is -0.273 e. The molecule has 0 saturated heterocycles. The number of hydrazine groups is 1. The fourth-order valence-corrected chi connectivity index (χ4v) is 3.98. The smallest absolute Gasteiger partial charge is 0.269 e. The average molecular weight is 407 g/mol. The molecule has 0 radical (unpaired) electrons. The molecule has 7 nitrogen and oxygen atoms in total. The maximum absolute atomic E-state index is 12.9. The number of nitrogens with one attached hydrogen (secondary N) is 2. The van der Waals surface area contributed by atoms with Crippen LogP contribution in [0.2, 0.25) is 0 Å². The lowest BCUT2D eigenvalue weighted by molar-refractivity contribution is -0.121. The van der Waals surface area contributed by atoms with E-state index in [9.17, 15) is 22.4 Å². The molecule has 0 fully saturated rings. The monoisotopic (exact) mass is 407 g/mol. The number of benzene rings is 2. The molecule has 150 valence electrons. The highest BCUT2D eigenvalue weighted by molar-refractivity contribution is 7.89. The molecule has 0 spiro atoms. The summed E-state index contributed by atoms with van der Waals surface area (Å²) in [6, 6.07) is 10.9. The standard InChI is InChI=1S/C19H22FN3O4S/c1-3-23(4-2)28(26,27)17-11-7-15(8-12-17)19(25)22-21-18(24)13-14-5-9-16(20)10-6-14/h5-12H,3-4,13H2,1-2H3,(H,21,24)(H,22,25). The summed E-state index contributed by atoms with van der Waals surface area (Å²) in [5.74, 6) is -1.45. The Kier molecular flexibility index (Phi) is 7.24. The summed E-state index contributed by atoms with van der Waals surface area (Å²) in [6.45, 7) is 4.19. The Morgan fingerprint density at radius 3 is 2.04 bits per heavy atom. The van der Waals surface area contributed by atoms with Crippen LogP contribution >= 0.6 is 0 Å². The highest BCUT2D eigenvalue weighted by atomic mass is 32.2. The molecule has 28 heavy (non-hydrogen) atoms. The fraction of sp³-hybridized carbons (Fsp3) is 0.263. The lowest BCUT2D eigenvalue weighted by Gasteiger charge is -2.18. The van der Waals surface area contributed by atoms with Crippen molar-refractivity contribution in [1.29, 1.82) is 0 Å². The lowest BCUT2D eigenvalue weighted by Crippen LogP contribution is -2.42. The molecule has 0 aromatic heterocycles. The normalized spacial score (nSPS) is 11.3. The van der Waals surface area contributed by atoms with Gasteiger partial charge in [0.1, 0.15) is 5.82 Å². The molecular formula is C19H22FN3O4S. The van der Waals surface area contributed by atoms with Crippen molar-refractivity contribution in [2.45, 2.75) is 25.2 Å². The largest absolute Gasteiger partial charge is 0.273 e. The van der Waals surface area contributed by atoms with E-state index in [-0.39, 0.29) is 16.9 Å². The maximum atomic E-state index is 12.9. The number of nitrogens with zero attached hydrogens (tertiary/aromatic N) is 1. The Balaban J connectivity index is 1.95. The predicted octanol–water partition coefficient (Wildman–Crippen LogP) is 1.86. The minimum absolute atomic E-state index is 0.0262. The SMILES string of the molecule is CCN(CC)S(=O)(=O)c1ccc(C(=O)NNC(=O)Cc2ccc(F)cc2)cc1. The van der Waals surface area contributed by atoms with Gasteiger partial charge in [-0.25, -0.2) is 12.8 Å². The summed E-state index contributed by atoms with van der Waals surface area (Å²) < 4.78 is 39.0. The number of sulfonamides is 1. The Bertz CT molecular complexity index is 925.